The van der Waals surface area contributed by atoms with Gasteiger partial charge < -0.3 is 20.3 Å². The van der Waals surface area contributed by atoms with Crippen LogP contribution in [0.2, 0.25) is 0 Å². The Balaban J connectivity index is 1.86. The van der Waals surface area contributed by atoms with E-state index in [1.165, 1.54) is 0 Å². The molecular formula is C22H23Br2NO5. The number of rotatable bonds is 6. The van der Waals surface area contributed by atoms with Crippen LogP contribution in [0.15, 0.2) is 33.2 Å². The molecule has 30 heavy (non-hydrogen) atoms. The molecule has 1 aliphatic rings. The first-order valence-electron chi connectivity index (χ1n) is 9.60. The normalized spacial score (nSPS) is 14.9. The Morgan fingerprint density at radius 2 is 1.73 bits per heavy atom. The molecule has 3 N–H and O–H groups in total. The van der Waals surface area contributed by atoms with Gasteiger partial charge in [-0.25, -0.2) is 0 Å². The van der Waals surface area contributed by atoms with Gasteiger partial charge in [-0.1, -0.05) is 20.3 Å². The van der Waals surface area contributed by atoms with Crippen LogP contribution in [0, 0.1) is 12.3 Å². The summed E-state index contributed by atoms with van der Waals surface area (Å²) >= 11 is 6.93. The monoisotopic (exact) mass is 539 g/mol. The number of carboxylic acids is 1. The number of benzene rings is 2. The largest absolute Gasteiger partial charge is 0.507 e. The van der Waals surface area contributed by atoms with Crippen molar-refractivity contribution in [3.8, 4) is 17.2 Å². The highest BCUT2D eigenvalue weighted by atomic mass is 79.9. The summed E-state index contributed by atoms with van der Waals surface area (Å²) in [5.74, 6) is -0.130. The van der Waals surface area contributed by atoms with Crippen molar-refractivity contribution in [2.45, 2.75) is 46.0 Å². The molecule has 2 aromatic rings. The van der Waals surface area contributed by atoms with Gasteiger partial charge in [0.2, 0.25) is 5.91 Å². The fourth-order valence-corrected chi connectivity index (χ4v) is 4.79. The molecule has 1 aliphatic carbocycles. The number of aryl methyl sites for hydroxylation is 1. The Morgan fingerprint density at radius 1 is 1.13 bits per heavy atom. The SMILES string of the molecule is Cc1cc(Oc2c(Br)cc(NC(=O)C3(C(=O)O)CCC3)cc2Br)cc(C(C)C)c1O. The maximum absolute atomic E-state index is 12.5. The minimum Gasteiger partial charge on any atom is -0.507 e. The zero-order chi connectivity index (χ0) is 22.2. The molecule has 1 fully saturated rings. The zero-order valence-corrected chi connectivity index (χ0v) is 20.1. The molecule has 0 atom stereocenters. The van der Waals surface area contributed by atoms with E-state index in [9.17, 15) is 19.8 Å². The number of anilines is 1. The van der Waals surface area contributed by atoms with Gasteiger partial charge in [-0.15, -0.1) is 0 Å². The van der Waals surface area contributed by atoms with Gasteiger partial charge in [0.25, 0.3) is 0 Å². The van der Waals surface area contributed by atoms with Gasteiger partial charge in [0.05, 0.1) is 8.95 Å². The first-order valence-corrected chi connectivity index (χ1v) is 11.2. The first-order chi connectivity index (χ1) is 14.0. The third kappa shape index (κ3) is 4.21. The third-order valence-corrected chi connectivity index (χ3v) is 6.63. The predicted molar refractivity (Wildman–Crippen MR) is 121 cm³/mol. The average Bonchev–Trinajstić information content (AvgIpc) is 2.59. The van der Waals surface area contributed by atoms with Crippen molar-refractivity contribution < 1.29 is 24.5 Å². The van der Waals surface area contributed by atoms with Crippen molar-refractivity contribution in [1.82, 2.24) is 0 Å². The van der Waals surface area contributed by atoms with Gasteiger partial charge in [-0.05, 0) is 87.4 Å². The molecule has 0 aromatic heterocycles. The van der Waals surface area contributed by atoms with Gasteiger partial charge in [-0.2, -0.15) is 0 Å². The molecule has 0 heterocycles. The number of phenols is 1. The molecule has 0 radical (unpaired) electrons. The van der Waals surface area contributed by atoms with E-state index in [0.29, 0.717) is 44.5 Å². The fourth-order valence-electron chi connectivity index (χ4n) is 3.44. The maximum atomic E-state index is 12.5. The minimum atomic E-state index is -1.34. The van der Waals surface area contributed by atoms with Crippen LogP contribution in [0.5, 0.6) is 17.2 Å². The molecule has 3 rings (SSSR count). The van der Waals surface area contributed by atoms with E-state index in [1.807, 2.05) is 20.8 Å². The number of nitrogens with one attached hydrogen (secondary N) is 1. The van der Waals surface area contributed by atoms with Crippen LogP contribution < -0.4 is 10.1 Å². The van der Waals surface area contributed by atoms with Crippen LogP contribution in [0.25, 0.3) is 0 Å². The van der Waals surface area contributed by atoms with Crippen LogP contribution in [0.4, 0.5) is 5.69 Å². The van der Waals surface area contributed by atoms with Gasteiger partial charge in [-0.3, -0.25) is 9.59 Å². The van der Waals surface area contributed by atoms with E-state index >= 15 is 0 Å². The first kappa shape index (κ1) is 22.6. The Bertz CT molecular complexity index is 992. The molecule has 0 bridgehead atoms. The number of ether oxygens (including phenoxy) is 1. The summed E-state index contributed by atoms with van der Waals surface area (Å²) in [6.07, 6.45) is 1.41. The quantitative estimate of drug-likeness (QED) is 0.372. The number of aliphatic carboxylic acids is 1. The molecular weight excluding hydrogens is 518 g/mol. The van der Waals surface area contributed by atoms with Crippen LogP contribution in [0.3, 0.4) is 0 Å². The van der Waals surface area contributed by atoms with E-state index in [-0.39, 0.29) is 11.7 Å². The second-order valence-corrected chi connectivity index (χ2v) is 9.61. The topological polar surface area (TPSA) is 95.9 Å². The average molecular weight is 541 g/mol. The number of halogens is 2. The van der Waals surface area contributed by atoms with E-state index < -0.39 is 17.3 Å². The summed E-state index contributed by atoms with van der Waals surface area (Å²) in [6.45, 7) is 5.80. The van der Waals surface area contributed by atoms with Crippen LogP contribution in [-0.4, -0.2) is 22.1 Å². The van der Waals surface area contributed by atoms with Crippen molar-refractivity contribution in [3.63, 3.8) is 0 Å². The highest BCUT2D eigenvalue weighted by Gasteiger charge is 2.51. The van der Waals surface area contributed by atoms with Crippen LogP contribution in [0.1, 0.15) is 50.2 Å². The number of carbonyl (C=O) groups excluding carboxylic acids is 1. The van der Waals surface area contributed by atoms with Gasteiger partial charge in [0.1, 0.15) is 16.9 Å². The number of carboxylic acid groups (broad SMARTS) is 1. The number of hydrogen-bond acceptors (Lipinski definition) is 4. The lowest BCUT2D eigenvalue weighted by Gasteiger charge is -2.35. The van der Waals surface area contributed by atoms with Crippen molar-refractivity contribution >= 4 is 49.4 Å². The lowest BCUT2D eigenvalue weighted by atomic mass is 9.68. The second-order valence-electron chi connectivity index (χ2n) is 7.90. The number of phenolic OH excluding ortho intramolecular Hbond substituents is 1. The summed E-state index contributed by atoms with van der Waals surface area (Å²) in [4.78, 5) is 24.1. The summed E-state index contributed by atoms with van der Waals surface area (Å²) < 4.78 is 7.22. The maximum Gasteiger partial charge on any atom is 0.319 e. The van der Waals surface area contributed by atoms with Crippen LogP contribution >= 0.6 is 31.9 Å². The Morgan fingerprint density at radius 3 is 2.20 bits per heavy atom. The molecule has 0 aliphatic heterocycles. The summed E-state index contributed by atoms with van der Waals surface area (Å²) in [5, 5.41) is 22.4. The lowest BCUT2D eigenvalue weighted by Crippen LogP contribution is -2.48. The summed E-state index contributed by atoms with van der Waals surface area (Å²) in [6, 6.07) is 6.89. The van der Waals surface area contributed by atoms with E-state index in [1.54, 1.807) is 24.3 Å². The molecule has 0 saturated heterocycles. The van der Waals surface area contributed by atoms with Gasteiger partial charge in [0, 0.05) is 11.3 Å². The van der Waals surface area contributed by atoms with Crippen LogP contribution in [-0.2, 0) is 9.59 Å². The standard InChI is InChI=1S/C22H23Br2NO5/c1-11(2)15-10-14(7-12(3)18(15)26)30-19-16(23)8-13(9-17(19)24)25-20(27)22(21(28)29)5-4-6-22/h7-11,26H,4-6H2,1-3H3,(H,25,27)(H,28,29). The van der Waals surface area contributed by atoms with Crippen molar-refractivity contribution in [2.24, 2.45) is 5.41 Å². The summed E-state index contributed by atoms with van der Waals surface area (Å²) in [5.41, 5.74) is 0.626. The van der Waals surface area contributed by atoms with Crippen molar-refractivity contribution in [3.05, 3.63) is 44.3 Å². The molecule has 6 nitrogen and oxygen atoms in total. The fraction of sp³-hybridized carbons (Fsp3) is 0.364. The molecule has 1 amide bonds. The third-order valence-electron chi connectivity index (χ3n) is 5.45. The number of hydrogen-bond donors (Lipinski definition) is 3. The molecule has 1 saturated carbocycles. The minimum absolute atomic E-state index is 0.129. The molecule has 0 unspecified atom stereocenters. The molecule has 160 valence electrons. The predicted octanol–water partition coefficient (Wildman–Crippen LogP) is 6.33. The molecule has 0 spiro atoms. The zero-order valence-electron chi connectivity index (χ0n) is 16.9. The highest BCUT2D eigenvalue weighted by molar-refractivity contribution is 9.11. The number of aromatic hydroxyl groups is 1. The second kappa shape index (κ2) is 8.59. The summed E-state index contributed by atoms with van der Waals surface area (Å²) in [7, 11) is 0. The Labute approximate surface area is 191 Å². The van der Waals surface area contributed by atoms with Gasteiger partial charge >= 0.3 is 5.97 Å². The van der Waals surface area contributed by atoms with E-state index in [0.717, 1.165) is 12.0 Å². The van der Waals surface area contributed by atoms with Crippen molar-refractivity contribution in [1.29, 1.82) is 0 Å². The highest BCUT2D eigenvalue weighted by Crippen LogP contribution is 2.44. The number of carbonyl (C=O) groups is 2. The van der Waals surface area contributed by atoms with Gasteiger partial charge in [0.15, 0.2) is 5.75 Å². The smallest absolute Gasteiger partial charge is 0.319 e. The van der Waals surface area contributed by atoms with E-state index in [2.05, 4.69) is 37.2 Å². The lowest BCUT2D eigenvalue weighted by molar-refractivity contribution is -0.159. The Hall–Kier alpha value is -2.06. The van der Waals surface area contributed by atoms with Crippen molar-refractivity contribution in [2.75, 3.05) is 5.32 Å². The Kier molecular flexibility index (Phi) is 6.48. The van der Waals surface area contributed by atoms with E-state index in [4.69, 9.17) is 4.74 Å². The molecule has 2 aromatic carbocycles. The molecule has 8 heteroatoms. The number of amides is 1.